The summed E-state index contributed by atoms with van der Waals surface area (Å²) in [5.74, 6) is 0.00377. The number of nitrogen functional groups attached to an aromatic ring is 1. The lowest BCUT2D eigenvalue weighted by molar-refractivity contribution is 0.0965. The Kier molecular flexibility index (Phi) is 4.52. The standard InChI is InChI=1S/C13H17N5OS/c1-3-8-5-4-6-16-9(8)7-17-13-10(12(19)15-2)11(14)18-20-13/h4-6,17H,3,7H2,1-2H3,(H2,14,18)(H,15,19). The van der Waals surface area contributed by atoms with Gasteiger partial charge in [-0.1, -0.05) is 13.0 Å². The number of hydrogen-bond acceptors (Lipinski definition) is 6. The highest BCUT2D eigenvalue weighted by Gasteiger charge is 2.18. The first-order chi connectivity index (χ1) is 9.67. The number of hydrogen-bond donors (Lipinski definition) is 3. The van der Waals surface area contributed by atoms with Gasteiger partial charge < -0.3 is 16.4 Å². The highest BCUT2D eigenvalue weighted by molar-refractivity contribution is 7.11. The molecule has 0 aliphatic carbocycles. The number of pyridine rings is 1. The van der Waals surface area contributed by atoms with E-state index in [0.717, 1.165) is 12.1 Å². The van der Waals surface area contributed by atoms with E-state index in [-0.39, 0.29) is 11.7 Å². The van der Waals surface area contributed by atoms with E-state index in [4.69, 9.17) is 5.73 Å². The van der Waals surface area contributed by atoms with Gasteiger partial charge in [-0.25, -0.2) is 0 Å². The van der Waals surface area contributed by atoms with Crippen molar-refractivity contribution in [2.24, 2.45) is 0 Å². The number of anilines is 2. The summed E-state index contributed by atoms with van der Waals surface area (Å²) < 4.78 is 4.02. The lowest BCUT2D eigenvalue weighted by atomic mass is 10.1. The van der Waals surface area contributed by atoms with E-state index in [1.165, 1.54) is 17.1 Å². The number of nitrogens with two attached hydrogens (primary N) is 1. The van der Waals surface area contributed by atoms with Crippen LogP contribution in [0.15, 0.2) is 18.3 Å². The van der Waals surface area contributed by atoms with Crippen LogP contribution in [0, 0.1) is 0 Å². The maximum atomic E-state index is 11.8. The molecular formula is C13H17N5OS. The normalized spacial score (nSPS) is 10.3. The van der Waals surface area contributed by atoms with Crippen molar-refractivity contribution in [2.75, 3.05) is 18.1 Å². The number of carbonyl (C=O) groups is 1. The first kappa shape index (κ1) is 14.3. The van der Waals surface area contributed by atoms with Gasteiger partial charge in [-0.15, -0.1) is 0 Å². The topological polar surface area (TPSA) is 92.9 Å². The molecular weight excluding hydrogens is 274 g/mol. The summed E-state index contributed by atoms with van der Waals surface area (Å²) >= 11 is 1.18. The fourth-order valence-electron chi connectivity index (χ4n) is 1.88. The molecule has 0 saturated heterocycles. The summed E-state index contributed by atoms with van der Waals surface area (Å²) in [6, 6.07) is 3.97. The third-order valence-electron chi connectivity index (χ3n) is 2.95. The Morgan fingerprint density at radius 3 is 3.00 bits per heavy atom. The van der Waals surface area contributed by atoms with Crippen LogP contribution in [0.1, 0.15) is 28.5 Å². The second-order valence-electron chi connectivity index (χ2n) is 4.17. The van der Waals surface area contributed by atoms with Gasteiger partial charge in [0.15, 0.2) is 5.82 Å². The zero-order chi connectivity index (χ0) is 14.5. The predicted molar refractivity (Wildman–Crippen MR) is 80.9 cm³/mol. The van der Waals surface area contributed by atoms with E-state index < -0.39 is 0 Å². The molecule has 0 aliphatic heterocycles. The SMILES string of the molecule is CCc1cccnc1CNc1snc(N)c1C(=O)NC. The van der Waals surface area contributed by atoms with E-state index in [9.17, 15) is 4.79 Å². The summed E-state index contributed by atoms with van der Waals surface area (Å²) in [5.41, 5.74) is 8.26. The zero-order valence-corrected chi connectivity index (χ0v) is 12.3. The number of nitrogens with one attached hydrogen (secondary N) is 2. The third kappa shape index (κ3) is 2.88. The number of rotatable bonds is 5. The smallest absolute Gasteiger partial charge is 0.257 e. The van der Waals surface area contributed by atoms with E-state index in [1.54, 1.807) is 13.2 Å². The van der Waals surface area contributed by atoms with Gasteiger partial charge in [0.1, 0.15) is 10.6 Å². The number of amides is 1. The second kappa shape index (κ2) is 6.33. The van der Waals surface area contributed by atoms with Crippen molar-refractivity contribution in [3.05, 3.63) is 35.2 Å². The Bertz CT molecular complexity index is 611. The van der Waals surface area contributed by atoms with E-state index >= 15 is 0 Å². The molecule has 0 fully saturated rings. The molecule has 0 bridgehead atoms. The van der Waals surface area contributed by atoms with E-state index in [1.807, 2.05) is 12.1 Å². The van der Waals surface area contributed by atoms with Gasteiger partial charge in [-0.2, -0.15) is 4.37 Å². The van der Waals surface area contributed by atoms with Crippen molar-refractivity contribution < 1.29 is 4.79 Å². The molecule has 6 nitrogen and oxygen atoms in total. The van der Waals surface area contributed by atoms with Crippen molar-refractivity contribution in [2.45, 2.75) is 19.9 Å². The quantitative estimate of drug-likeness (QED) is 0.779. The number of aromatic nitrogens is 2. The Morgan fingerprint density at radius 1 is 1.50 bits per heavy atom. The molecule has 2 aromatic rings. The van der Waals surface area contributed by atoms with Crippen LogP contribution in [-0.2, 0) is 13.0 Å². The Hall–Kier alpha value is -2.15. The fourth-order valence-corrected chi connectivity index (χ4v) is 2.59. The zero-order valence-electron chi connectivity index (χ0n) is 11.4. The van der Waals surface area contributed by atoms with Crippen molar-refractivity contribution in [3.63, 3.8) is 0 Å². The van der Waals surface area contributed by atoms with Crippen LogP contribution in [0.2, 0.25) is 0 Å². The number of aryl methyl sites for hydroxylation is 1. The highest BCUT2D eigenvalue weighted by atomic mass is 32.1. The third-order valence-corrected chi connectivity index (χ3v) is 3.77. The van der Waals surface area contributed by atoms with Crippen LogP contribution in [0.4, 0.5) is 10.8 Å². The van der Waals surface area contributed by atoms with Gasteiger partial charge in [-0.3, -0.25) is 9.78 Å². The molecule has 0 aromatic carbocycles. The second-order valence-corrected chi connectivity index (χ2v) is 4.94. The van der Waals surface area contributed by atoms with Gasteiger partial charge >= 0.3 is 0 Å². The average molecular weight is 291 g/mol. The maximum Gasteiger partial charge on any atom is 0.257 e. The van der Waals surface area contributed by atoms with Crippen molar-refractivity contribution >= 4 is 28.3 Å². The van der Waals surface area contributed by atoms with Crippen LogP contribution in [-0.4, -0.2) is 22.3 Å². The molecule has 2 heterocycles. The van der Waals surface area contributed by atoms with E-state index in [0.29, 0.717) is 17.1 Å². The molecule has 0 aliphatic rings. The van der Waals surface area contributed by atoms with Crippen molar-refractivity contribution in [1.29, 1.82) is 0 Å². The average Bonchev–Trinajstić information content (AvgIpc) is 2.85. The molecule has 7 heteroatoms. The highest BCUT2D eigenvalue weighted by Crippen LogP contribution is 2.27. The first-order valence-electron chi connectivity index (χ1n) is 6.31. The number of nitrogens with zero attached hydrogens (tertiary/aromatic N) is 2. The summed E-state index contributed by atoms with van der Waals surface area (Å²) in [5, 5.41) is 6.42. The van der Waals surface area contributed by atoms with Gasteiger partial charge in [-0.05, 0) is 29.6 Å². The van der Waals surface area contributed by atoms with Crippen LogP contribution < -0.4 is 16.4 Å². The molecule has 2 rings (SSSR count). The minimum Gasteiger partial charge on any atom is -0.382 e. The summed E-state index contributed by atoms with van der Waals surface area (Å²) in [6.45, 7) is 2.62. The van der Waals surface area contributed by atoms with Gasteiger partial charge in [0.05, 0.1) is 12.2 Å². The van der Waals surface area contributed by atoms with Crippen LogP contribution in [0.5, 0.6) is 0 Å². The van der Waals surface area contributed by atoms with Gasteiger partial charge in [0.25, 0.3) is 5.91 Å². The molecule has 106 valence electrons. The fraction of sp³-hybridized carbons (Fsp3) is 0.308. The van der Waals surface area contributed by atoms with Gasteiger partial charge in [0.2, 0.25) is 0 Å². The monoisotopic (exact) mass is 291 g/mol. The lowest BCUT2D eigenvalue weighted by Gasteiger charge is -2.09. The van der Waals surface area contributed by atoms with Crippen molar-refractivity contribution in [3.8, 4) is 0 Å². The van der Waals surface area contributed by atoms with Crippen LogP contribution in [0.25, 0.3) is 0 Å². The Balaban J connectivity index is 2.17. The molecule has 0 spiro atoms. The van der Waals surface area contributed by atoms with Crippen molar-refractivity contribution in [1.82, 2.24) is 14.7 Å². The minimum absolute atomic E-state index is 0.240. The molecule has 1 amide bonds. The molecule has 0 atom stereocenters. The van der Waals surface area contributed by atoms with Crippen LogP contribution in [0.3, 0.4) is 0 Å². The molecule has 4 N–H and O–H groups in total. The van der Waals surface area contributed by atoms with E-state index in [2.05, 4.69) is 26.9 Å². The molecule has 2 aromatic heterocycles. The minimum atomic E-state index is -0.240. The molecule has 0 radical (unpaired) electrons. The number of carbonyl (C=O) groups excluding carboxylic acids is 1. The molecule has 0 saturated carbocycles. The maximum absolute atomic E-state index is 11.8. The summed E-state index contributed by atoms with van der Waals surface area (Å²) in [6.07, 6.45) is 2.68. The largest absolute Gasteiger partial charge is 0.382 e. The first-order valence-corrected chi connectivity index (χ1v) is 7.08. The summed E-state index contributed by atoms with van der Waals surface area (Å²) in [4.78, 5) is 16.1. The molecule has 20 heavy (non-hydrogen) atoms. The predicted octanol–water partition coefficient (Wildman–Crippen LogP) is 1.65. The Morgan fingerprint density at radius 2 is 2.30 bits per heavy atom. The lowest BCUT2D eigenvalue weighted by Crippen LogP contribution is -2.20. The Labute approximate surface area is 121 Å². The van der Waals surface area contributed by atoms with Gasteiger partial charge in [0, 0.05) is 13.2 Å². The molecule has 0 unspecified atom stereocenters. The van der Waals surface area contributed by atoms with Crippen LogP contribution >= 0.6 is 11.5 Å². The summed E-state index contributed by atoms with van der Waals surface area (Å²) in [7, 11) is 1.57.